The predicted octanol–water partition coefficient (Wildman–Crippen LogP) is 1.54. The Morgan fingerprint density at radius 3 is 2.30 bits per heavy atom. The van der Waals surface area contributed by atoms with Gasteiger partial charge in [-0.05, 0) is 6.42 Å². The van der Waals surface area contributed by atoms with Gasteiger partial charge in [0.2, 0.25) is 0 Å². The summed E-state index contributed by atoms with van der Waals surface area (Å²) in [5.41, 5.74) is 0. The molecule has 0 bridgehead atoms. The van der Waals surface area contributed by atoms with E-state index in [9.17, 15) is 20.1 Å². The van der Waals surface area contributed by atoms with Crippen LogP contribution in [-0.2, 0) is 14.3 Å². The monoisotopic (exact) mass is 332 g/mol. The van der Waals surface area contributed by atoms with Crippen molar-refractivity contribution in [3.8, 4) is 0 Å². The van der Waals surface area contributed by atoms with Crippen molar-refractivity contribution in [3.63, 3.8) is 0 Å². The number of aliphatic hydroxyl groups excluding tert-OH is 3. The molecule has 0 spiro atoms. The Morgan fingerprint density at radius 1 is 1.13 bits per heavy atom. The largest absolute Gasteiger partial charge is 0.463 e. The minimum absolute atomic E-state index is 0.0188. The molecule has 3 N–H and O–H groups in total. The fourth-order valence-electron chi connectivity index (χ4n) is 2.71. The van der Waals surface area contributed by atoms with E-state index in [4.69, 9.17) is 9.47 Å². The summed E-state index contributed by atoms with van der Waals surface area (Å²) in [5.74, 6) is -0.344. The number of hydrogen-bond donors (Lipinski definition) is 3. The average Bonchev–Trinajstić information content (AvgIpc) is 2.87. The Hall–Kier alpha value is -0.690. The Bertz CT molecular complexity index is 322. The second kappa shape index (κ2) is 11.8. The van der Waals surface area contributed by atoms with Gasteiger partial charge in [0, 0.05) is 6.42 Å². The van der Waals surface area contributed by atoms with Gasteiger partial charge in [0.25, 0.3) is 0 Å². The van der Waals surface area contributed by atoms with Crippen LogP contribution in [0.15, 0.2) is 0 Å². The summed E-state index contributed by atoms with van der Waals surface area (Å²) >= 11 is 0. The molecule has 1 aliphatic heterocycles. The first kappa shape index (κ1) is 20.4. The molecule has 1 rings (SSSR count). The van der Waals surface area contributed by atoms with Gasteiger partial charge in [0.05, 0.1) is 6.61 Å². The molecule has 0 radical (unpaired) electrons. The lowest BCUT2D eigenvalue weighted by Crippen LogP contribution is -2.41. The second-order valence-electron chi connectivity index (χ2n) is 6.33. The summed E-state index contributed by atoms with van der Waals surface area (Å²) in [5, 5.41) is 28.8. The zero-order valence-electron chi connectivity index (χ0n) is 14.2. The zero-order valence-corrected chi connectivity index (χ0v) is 14.2. The third-order valence-corrected chi connectivity index (χ3v) is 4.22. The number of ether oxygens (including phenoxy) is 2. The van der Waals surface area contributed by atoms with Gasteiger partial charge in [-0.25, -0.2) is 0 Å². The van der Waals surface area contributed by atoms with Gasteiger partial charge in [-0.2, -0.15) is 0 Å². The van der Waals surface area contributed by atoms with Gasteiger partial charge in [0.15, 0.2) is 0 Å². The van der Waals surface area contributed by atoms with E-state index in [-0.39, 0.29) is 19.2 Å². The maximum Gasteiger partial charge on any atom is 0.305 e. The summed E-state index contributed by atoms with van der Waals surface area (Å²) in [7, 11) is 0. The van der Waals surface area contributed by atoms with Crippen molar-refractivity contribution in [3.05, 3.63) is 0 Å². The minimum atomic E-state index is -1.14. The van der Waals surface area contributed by atoms with Crippen LogP contribution in [0.25, 0.3) is 0 Å². The minimum Gasteiger partial charge on any atom is -0.463 e. The number of carbonyl (C=O) groups excluding carboxylic acids is 1. The molecule has 1 saturated heterocycles. The fourth-order valence-corrected chi connectivity index (χ4v) is 2.71. The molecule has 6 nitrogen and oxygen atoms in total. The number of carbonyl (C=O) groups is 1. The maximum absolute atomic E-state index is 11.6. The molecule has 0 aromatic carbocycles. The average molecular weight is 332 g/mol. The van der Waals surface area contributed by atoms with Gasteiger partial charge in [0.1, 0.15) is 31.0 Å². The Balaban J connectivity index is 2.00. The van der Waals surface area contributed by atoms with Gasteiger partial charge in [-0.3, -0.25) is 4.79 Å². The molecule has 6 heteroatoms. The van der Waals surface area contributed by atoms with E-state index in [2.05, 4.69) is 6.92 Å². The van der Waals surface area contributed by atoms with Crippen LogP contribution in [0.3, 0.4) is 0 Å². The van der Waals surface area contributed by atoms with E-state index in [1.807, 2.05) is 0 Å². The van der Waals surface area contributed by atoms with Crippen molar-refractivity contribution in [2.24, 2.45) is 0 Å². The molecule has 136 valence electrons. The van der Waals surface area contributed by atoms with Gasteiger partial charge >= 0.3 is 5.97 Å². The maximum atomic E-state index is 11.6. The lowest BCUT2D eigenvalue weighted by atomic mass is 10.1. The number of aliphatic hydroxyl groups is 3. The van der Waals surface area contributed by atoms with Crippen molar-refractivity contribution in [1.29, 1.82) is 0 Å². The zero-order chi connectivity index (χ0) is 17.1. The molecule has 1 heterocycles. The molecule has 0 unspecified atom stereocenters. The molecule has 0 amide bonds. The van der Waals surface area contributed by atoms with Crippen molar-refractivity contribution in [1.82, 2.24) is 0 Å². The van der Waals surface area contributed by atoms with Crippen LogP contribution in [0.2, 0.25) is 0 Å². The van der Waals surface area contributed by atoms with Gasteiger partial charge in [-0.15, -0.1) is 0 Å². The first-order valence-electron chi connectivity index (χ1n) is 8.87. The number of esters is 1. The molecule has 0 saturated carbocycles. The van der Waals surface area contributed by atoms with Crippen LogP contribution in [0.1, 0.15) is 64.7 Å². The molecule has 1 aliphatic rings. The molecular weight excluding hydrogens is 300 g/mol. The summed E-state index contributed by atoms with van der Waals surface area (Å²) in [6.07, 6.45) is 5.45. The highest BCUT2D eigenvalue weighted by molar-refractivity contribution is 5.69. The van der Waals surface area contributed by atoms with Crippen molar-refractivity contribution in [2.75, 3.05) is 13.2 Å². The molecule has 1 fully saturated rings. The van der Waals surface area contributed by atoms with E-state index < -0.39 is 24.4 Å². The topological polar surface area (TPSA) is 96.2 Å². The molecule has 0 aromatic heterocycles. The Labute approximate surface area is 138 Å². The quantitative estimate of drug-likeness (QED) is 0.371. The molecular formula is C17H32O6. The van der Waals surface area contributed by atoms with Gasteiger partial charge < -0.3 is 24.8 Å². The number of unbranched alkanes of at least 4 members (excludes halogenated alkanes) is 7. The molecule has 0 aliphatic carbocycles. The van der Waals surface area contributed by atoms with Crippen molar-refractivity contribution < 1.29 is 29.6 Å². The molecule has 23 heavy (non-hydrogen) atoms. The summed E-state index contributed by atoms with van der Waals surface area (Å²) in [4.78, 5) is 11.6. The third kappa shape index (κ3) is 8.11. The smallest absolute Gasteiger partial charge is 0.305 e. The standard InChI is InChI=1S/C17H32O6/c1-2-3-4-5-6-7-8-9-10-15(20)22-12-14(19)17-16(21)13(18)11-23-17/h13-14,16-19,21H,2-12H2,1H3/t13-,14-,16-,17-/m1/s1. The lowest BCUT2D eigenvalue weighted by molar-refractivity contribution is -0.151. The predicted molar refractivity (Wildman–Crippen MR) is 85.9 cm³/mol. The van der Waals surface area contributed by atoms with E-state index in [1.54, 1.807) is 0 Å². The highest BCUT2D eigenvalue weighted by Crippen LogP contribution is 2.18. The van der Waals surface area contributed by atoms with Crippen molar-refractivity contribution >= 4 is 5.97 Å². The van der Waals surface area contributed by atoms with Crippen molar-refractivity contribution in [2.45, 2.75) is 89.1 Å². The van der Waals surface area contributed by atoms with E-state index >= 15 is 0 Å². The second-order valence-corrected chi connectivity index (χ2v) is 6.33. The summed E-state index contributed by atoms with van der Waals surface area (Å²) in [6.45, 7) is 1.96. The van der Waals surface area contributed by atoms with Crippen LogP contribution in [0.4, 0.5) is 0 Å². The SMILES string of the molecule is CCCCCCCCCCC(=O)OC[C@@H](O)[C@H]1OC[C@@H](O)[C@H]1O. The summed E-state index contributed by atoms with van der Waals surface area (Å²) in [6, 6.07) is 0. The van der Waals surface area contributed by atoms with Gasteiger partial charge in [-0.1, -0.05) is 51.9 Å². The van der Waals surface area contributed by atoms with Crippen LogP contribution < -0.4 is 0 Å². The third-order valence-electron chi connectivity index (χ3n) is 4.22. The number of hydrogen-bond acceptors (Lipinski definition) is 6. The Morgan fingerprint density at radius 2 is 1.74 bits per heavy atom. The van der Waals surface area contributed by atoms with Crippen LogP contribution in [0, 0.1) is 0 Å². The normalized spacial score (nSPS) is 25.5. The summed E-state index contributed by atoms with van der Waals surface area (Å²) < 4.78 is 10.1. The van der Waals surface area contributed by atoms with Crippen LogP contribution in [-0.4, -0.2) is 58.9 Å². The lowest BCUT2D eigenvalue weighted by Gasteiger charge is -2.20. The van der Waals surface area contributed by atoms with E-state index in [0.717, 1.165) is 19.3 Å². The van der Waals surface area contributed by atoms with Crippen LogP contribution in [0.5, 0.6) is 0 Å². The van der Waals surface area contributed by atoms with E-state index in [1.165, 1.54) is 32.1 Å². The number of rotatable bonds is 12. The van der Waals surface area contributed by atoms with Crippen LogP contribution >= 0.6 is 0 Å². The van der Waals surface area contributed by atoms with E-state index in [0.29, 0.717) is 6.42 Å². The molecule has 4 atom stereocenters. The first-order valence-corrected chi connectivity index (χ1v) is 8.87. The highest BCUT2D eigenvalue weighted by Gasteiger charge is 2.39. The highest BCUT2D eigenvalue weighted by atomic mass is 16.6. The molecule has 0 aromatic rings. The Kier molecular flexibility index (Phi) is 10.4. The fraction of sp³-hybridized carbons (Fsp3) is 0.941. The first-order chi connectivity index (χ1) is 11.1.